The van der Waals surface area contributed by atoms with Gasteiger partial charge >= 0.3 is 0 Å². The lowest BCUT2D eigenvalue weighted by atomic mass is 9.63. The van der Waals surface area contributed by atoms with Gasteiger partial charge in [-0.25, -0.2) is 0 Å². The third-order valence-corrected chi connectivity index (χ3v) is 8.33. The Hall–Kier alpha value is -0.710. The molecule has 212 valence electrons. The molecule has 0 radical (unpaired) electrons. The Morgan fingerprint density at radius 1 is 0.639 bits per heavy atom. The minimum atomic E-state index is -0.318. The fourth-order valence-electron chi connectivity index (χ4n) is 7.95. The summed E-state index contributed by atoms with van der Waals surface area (Å²) in [5.74, 6) is 0. The molecule has 0 saturated heterocycles. The first kappa shape index (κ1) is 33.3. The van der Waals surface area contributed by atoms with Crippen LogP contribution in [0.5, 0.6) is 0 Å². The van der Waals surface area contributed by atoms with Gasteiger partial charge in [0.25, 0.3) is 0 Å². The third-order valence-electron chi connectivity index (χ3n) is 8.33. The molecule has 3 saturated carbocycles. The SMILES string of the molecule is CC1(C)C[C@H](O)CC(C)(C#N)C1.CC1(C)C[C@H](O)C[C@](C)(CN)C1.CC1(C)C[C@H](O)C[C@](C)(CO)C1. The highest BCUT2D eigenvalue weighted by molar-refractivity contribution is 5.03. The number of rotatable bonds is 2. The number of hydrogen-bond donors (Lipinski definition) is 5. The lowest BCUT2D eigenvalue weighted by Gasteiger charge is -2.44. The second-order valence-electron chi connectivity index (χ2n) is 15.9. The van der Waals surface area contributed by atoms with Crippen molar-refractivity contribution >= 4 is 0 Å². The zero-order chi connectivity index (χ0) is 28.2. The van der Waals surface area contributed by atoms with Crippen LogP contribution in [-0.2, 0) is 0 Å². The highest BCUT2D eigenvalue weighted by Crippen LogP contribution is 2.47. The van der Waals surface area contributed by atoms with Crippen LogP contribution >= 0.6 is 0 Å². The molecule has 3 rings (SSSR count). The summed E-state index contributed by atoms with van der Waals surface area (Å²) in [5, 5.41) is 46.9. The third kappa shape index (κ3) is 11.0. The summed E-state index contributed by atoms with van der Waals surface area (Å²) in [4.78, 5) is 0. The van der Waals surface area contributed by atoms with E-state index in [4.69, 9.17) is 11.0 Å². The molecule has 3 fully saturated rings. The molecule has 0 heterocycles. The molecule has 6 heteroatoms. The van der Waals surface area contributed by atoms with Gasteiger partial charge in [-0.3, -0.25) is 0 Å². The van der Waals surface area contributed by atoms with Gasteiger partial charge in [-0.1, -0.05) is 55.4 Å². The van der Waals surface area contributed by atoms with E-state index in [0.29, 0.717) is 13.0 Å². The first-order valence-corrected chi connectivity index (χ1v) is 13.9. The summed E-state index contributed by atoms with van der Waals surface area (Å²) in [6, 6.07) is 2.31. The van der Waals surface area contributed by atoms with Crippen LogP contribution in [0.1, 0.15) is 120 Å². The lowest BCUT2D eigenvalue weighted by molar-refractivity contribution is -0.0349. The van der Waals surface area contributed by atoms with Crippen LogP contribution in [0.2, 0.25) is 0 Å². The normalized spacial score (nSPS) is 41.0. The number of aliphatic hydroxyl groups is 4. The Labute approximate surface area is 221 Å². The van der Waals surface area contributed by atoms with Crippen molar-refractivity contribution in [2.45, 2.75) is 138 Å². The molecule has 0 amide bonds. The standard InChI is InChI=1S/C10H21NO.C10H17NO.C10H20O2/c3*1-9(2)4-8(12)5-10(3,6-9)7-11/h8,12H,4-7,11H2,1-3H3;8,12H,4-6H2,1-3H3;8,11-12H,4-7H2,1-3H3/t8-,10-;8-,10?;8-,10-/m000/s1. The van der Waals surface area contributed by atoms with Gasteiger partial charge in [0.15, 0.2) is 0 Å². The van der Waals surface area contributed by atoms with Crippen molar-refractivity contribution in [3.8, 4) is 6.07 Å². The summed E-state index contributed by atoms with van der Waals surface area (Å²) in [6.45, 7) is 20.0. The van der Waals surface area contributed by atoms with Gasteiger partial charge in [0.2, 0.25) is 0 Å². The number of hydrogen-bond acceptors (Lipinski definition) is 6. The van der Waals surface area contributed by atoms with Crippen LogP contribution in [0, 0.1) is 43.8 Å². The monoisotopic (exact) mass is 510 g/mol. The van der Waals surface area contributed by atoms with Crippen molar-refractivity contribution in [3.05, 3.63) is 0 Å². The Kier molecular flexibility index (Phi) is 11.1. The minimum Gasteiger partial charge on any atom is -0.396 e. The maximum Gasteiger partial charge on any atom is 0.0688 e. The molecule has 3 aliphatic rings. The second kappa shape index (κ2) is 12.0. The van der Waals surface area contributed by atoms with Crippen LogP contribution in [0.4, 0.5) is 0 Å². The van der Waals surface area contributed by atoms with Gasteiger partial charge in [-0.2, -0.15) is 5.26 Å². The Balaban J connectivity index is 0.000000270. The van der Waals surface area contributed by atoms with Crippen molar-refractivity contribution in [2.75, 3.05) is 13.2 Å². The molecular formula is C30H58N2O4. The molecule has 36 heavy (non-hydrogen) atoms. The molecule has 0 aromatic carbocycles. The smallest absolute Gasteiger partial charge is 0.0688 e. The number of nitriles is 1. The summed E-state index contributed by atoms with van der Waals surface area (Å²) >= 11 is 0. The average molecular weight is 511 g/mol. The van der Waals surface area contributed by atoms with Crippen molar-refractivity contribution in [2.24, 2.45) is 38.2 Å². The predicted molar refractivity (Wildman–Crippen MR) is 147 cm³/mol. The number of aliphatic hydroxyl groups excluding tert-OH is 4. The van der Waals surface area contributed by atoms with Gasteiger partial charge < -0.3 is 26.2 Å². The molecule has 0 aliphatic heterocycles. The van der Waals surface area contributed by atoms with E-state index in [1.807, 2.05) is 6.92 Å². The summed E-state index contributed by atoms with van der Waals surface area (Å²) < 4.78 is 0. The molecule has 0 bridgehead atoms. The number of nitrogens with zero attached hydrogens (tertiary/aromatic N) is 1. The molecule has 0 aromatic heterocycles. The molecule has 6 atom stereocenters. The van der Waals surface area contributed by atoms with Gasteiger partial charge in [-0.15, -0.1) is 0 Å². The molecule has 6 N–H and O–H groups in total. The van der Waals surface area contributed by atoms with Crippen LogP contribution in [0.25, 0.3) is 0 Å². The Morgan fingerprint density at radius 2 is 1.00 bits per heavy atom. The van der Waals surface area contributed by atoms with E-state index in [0.717, 1.165) is 51.4 Å². The largest absolute Gasteiger partial charge is 0.396 e. The first-order chi connectivity index (χ1) is 16.1. The molecule has 0 spiro atoms. The average Bonchev–Trinajstić information content (AvgIpc) is 2.63. The molecule has 1 unspecified atom stereocenters. The Bertz CT molecular complexity index is 708. The van der Waals surface area contributed by atoms with Crippen LogP contribution in [-0.4, -0.2) is 51.9 Å². The van der Waals surface area contributed by atoms with Gasteiger partial charge in [0.05, 0.1) is 29.8 Å². The van der Waals surface area contributed by atoms with E-state index in [2.05, 4.69) is 61.5 Å². The number of nitrogens with two attached hydrogens (primary N) is 1. The fraction of sp³-hybridized carbons (Fsp3) is 0.967. The maximum absolute atomic E-state index is 9.66. The highest BCUT2D eigenvalue weighted by atomic mass is 16.3. The van der Waals surface area contributed by atoms with Crippen LogP contribution < -0.4 is 5.73 Å². The summed E-state index contributed by atoms with van der Waals surface area (Å²) in [6.07, 6.45) is 7.21. The highest BCUT2D eigenvalue weighted by Gasteiger charge is 2.42. The molecule has 3 aliphatic carbocycles. The lowest BCUT2D eigenvalue weighted by Crippen LogP contribution is -2.42. The fourth-order valence-corrected chi connectivity index (χ4v) is 7.95. The zero-order valence-corrected chi connectivity index (χ0v) is 24.8. The molecule has 6 nitrogen and oxygen atoms in total. The van der Waals surface area contributed by atoms with Crippen molar-refractivity contribution in [1.29, 1.82) is 5.26 Å². The van der Waals surface area contributed by atoms with Crippen LogP contribution in [0.3, 0.4) is 0 Å². The van der Waals surface area contributed by atoms with E-state index in [9.17, 15) is 20.4 Å². The summed E-state index contributed by atoms with van der Waals surface area (Å²) in [5.41, 5.74) is 6.02. The second-order valence-corrected chi connectivity index (χ2v) is 15.9. The topological polar surface area (TPSA) is 131 Å². The minimum absolute atomic E-state index is 0.0683. The molecule has 0 aromatic rings. The van der Waals surface area contributed by atoms with E-state index in [-0.39, 0.29) is 57.4 Å². The first-order valence-electron chi connectivity index (χ1n) is 13.9. The van der Waals surface area contributed by atoms with Crippen molar-refractivity contribution < 1.29 is 20.4 Å². The van der Waals surface area contributed by atoms with E-state index in [1.165, 1.54) is 0 Å². The predicted octanol–water partition coefficient (Wildman–Crippen LogP) is 5.17. The molecular weight excluding hydrogens is 452 g/mol. The van der Waals surface area contributed by atoms with E-state index < -0.39 is 0 Å². The van der Waals surface area contributed by atoms with Crippen LogP contribution in [0.15, 0.2) is 0 Å². The quantitative estimate of drug-likeness (QED) is 0.348. The van der Waals surface area contributed by atoms with Gasteiger partial charge in [0.1, 0.15) is 0 Å². The van der Waals surface area contributed by atoms with Crippen molar-refractivity contribution in [3.63, 3.8) is 0 Å². The van der Waals surface area contributed by atoms with E-state index >= 15 is 0 Å². The Morgan fingerprint density at radius 3 is 1.33 bits per heavy atom. The van der Waals surface area contributed by atoms with Crippen molar-refractivity contribution in [1.82, 2.24) is 0 Å². The summed E-state index contributed by atoms with van der Waals surface area (Å²) in [7, 11) is 0. The van der Waals surface area contributed by atoms with Gasteiger partial charge in [-0.05, 0) is 98.3 Å². The van der Waals surface area contributed by atoms with Gasteiger partial charge in [0, 0.05) is 6.61 Å². The zero-order valence-electron chi connectivity index (χ0n) is 24.8. The maximum atomic E-state index is 9.66. The van der Waals surface area contributed by atoms with E-state index in [1.54, 1.807) is 0 Å².